The fourth-order valence-corrected chi connectivity index (χ4v) is 1.25. The lowest BCUT2D eigenvalue weighted by Crippen LogP contribution is -2.53. The van der Waals surface area contributed by atoms with Gasteiger partial charge >= 0.3 is 11.9 Å². The minimum atomic E-state index is -2.55. The number of aliphatic carboxylic acids is 3. The highest BCUT2D eigenvalue weighted by Crippen LogP contribution is 2.21. The molecular weight excluding hydrogens is 274 g/mol. The van der Waals surface area contributed by atoms with Crippen molar-refractivity contribution >= 4 is 17.9 Å². The second-order valence-corrected chi connectivity index (χ2v) is 5.34. The van der Waals surface area contributed by atoms with Crippen LogP contribution in [0.25, 0.3) is 0 Å². The molecule has 0 spiro atoms. The number of carboxylic acid groups (broad SMARTS) is 3. The van der Waals surface area contributed by atoms with Gasteiger partial charge in [-0.3, -0.25) is 9.59 Å². The molecule has 0 amide bonds. The van der Waals surface area contributed by atoms with Crippen LogP contribution in [-0.2, 0) is 24.2 Å². The van der Waals surface area contributed by atoms with Crippen molar-refractivity contribution in [2.45, 2.75) is 18.4 Å². The zero-order valence-electron chi connectivity index (χ0n) is 11.6. The number of rotatable bonds is 10. The third-order valence-corrected chi connectivity index (χ3v) is 2.31. The minimum Gasteiger partial charge on any atom is -0.547 e. The van der Waals surface area contributed by atoms with E-state index in [0.29, 0.717) is 11.0 Å². The number of likely N-dealkylation sites (N-methyl/N-ethyl adjacent to an activating group) is 1. The fraction of sp³-hybridized carbons (Fsp3) is 0.727. The monoisotopic (exact) mass is 293 g/mol. The Hall–Kier alpha value is -1.71. The number of carbonyl (C=O) groups is 3. The number of nitrogens with zero attached hydrogens (tertiary/aromatic N) is 1. The van der Waals surface area contributed by atoms with E-state index in [1.165, 1.54) is 0 Å². The molecule has 116 valence electrons. The predicted molar refractivity (Wildman–Crippen MR) is 62.2 cm³/mol. The molecule has 0 aromatic carbocycles. The van der Waals surface area contributed by atoms with Crippen LogP contribution < -0.4 is 5.11 Å². The zero-order chi connectivity index (χ0) is 16.0. The van der Waals surface area contributed by atoms with Crippen molar-refractivity contribution in [3.63, 3.8) is 0 Å². The van der Waals surface area contributed by atoms with E-state index in [-0.39, 0.29) is 6.61 Å². The van der Waals surface area contributed by atoms with Crippen molar-refractivity contribution in [1.82, 2.24) is 0 Å². The van der Waals surface area contributed by atoms with Crippen molar-refractivity contribution < 1.29 is 44.0 Å². The van der Waals surface area contributed by atoms with Crippen molar-refractivity contribution in [2.24, 2.45) is 0 Å². The minimum absolute atomic E-state index is 0.0300. The normalized spacial score (nSPS) is 12.2. The highest BCUT2D eigenvalue weighted by atomic mass is 17.2. The standard InChI is InChI=1S/C11H19NO8/c1-12(2,3)4-5-19-20-11(10(17)18,6-8(13)14)7-9(15)16/h4-7H2,1-3H3,(H2-,13,14,15,16,17,18). The van der Waals surface area contributed by atoms with Crippen LogP contribution in [0.2, 0.25) is 0 Å². The molecule has 0 unspecified atom stereocenters. The molecule has 0 rings (SSSR count). The number of quaternary nitrogens is 1. The van der Waals surface area contributed by atoms with Gasteiger partial charge in [0.1, 0.15) is 13.2 Å². The molecule has 0 heterocycles. The van der Waals surface area contributed by atoms with Crippen LogP contribution in [0.1, 0.15) is 12.8 Å². The summed E-state index contributed by atoms with van der Waals surface area (Å²) >= 11 is 0. The Labute approximate surface area is 115 Å². The molecule has 0 aliphatic rings. The van der Waals surface area contributed by atoms with E-state index in [2.05, 4.69) is 9.78 Å². The molecule has 9 nitrogen and oxygen atoms in total. The summed E-state index contributed by atoms with van der Waals surface area (Å²) in [4.78, 5) is 41.6. The van der Waals surface area contributed by atoms with E-state index >= 15 is 0 Å². The van der Waals surface area contributed by atoms with Crippen LogP contribution >= 0.6 is 0 Å². The predicted octanol–water partition coefficient (Wildman–Crippen LogP) is -1.92. The Morgan fingerprint density at radius 2 is 1.55 bits per heavy atom. The van der Waals surface area contributed by atoms with Gasteiger partial charge in [0, 0.05) is 0 Å². The Bertz CT molecular complexity index is 357. The molecule has 0 radical (unpaired) electrons. The number of hydrogen-bond donors (Lipinski definition) is 2. The van der Waals surface area contributed by atoms with Crippen LogP contribution in [-0.4, -0.2) is 72.5 Å². The summed E-state index contributed by atoms with van der Waals surface area (Å²) in [7, 11) is 5.55. The molecule has 20 heavy (non-hydrogen) atoms. The third kappa shape index (κ3) is 7.02. The first-order valence-electron chi connectivity index (χ1n) is 5.75. The molecule has 0 aliphatic carbocycles. The third-order valence-electron chi connectivity index (χ3n) is 2.31. The van der Waals surface area contributed by atoms with Gasteiger partial charge in [-0.2, -0.15) is 0 Å². The lowest BCUT2D eigenvalue weighted by molar-refractivity contribution is -0.872. The molecule has 2 N–H and O–H groups in total. The van der Waals surface area contributed by atoms with Gasteiger partial charge in [-0.1, -0.05) is 0 Å². The molecule has 0 fully saturated rings. The topological polar surface area (TPSA) is 133 Å². The van der Waals surface area contributed by atoms with Gasteiger partial charge in [0.05, 0.1) is 40.0 Å². The average Bonchev–Trinajstić information content (AvgIpc) is 2.20. The largest absolute Gasteiger partial charge is 0.547 e. The maximum Gasteiger partial charge on any atom is 0.306 e. The highest BCUT2D eigenvalue weighted by Gasteiger charge is 2.40. The summed E-state index contributed by atoms with van der Waals surface area (Å²) in [6.07, 6.45) is -2.15. The highest BCUT2D eigenvalue weighted by molar-refractivity contribution is 5.87. The molecule has 0 aromatic rings. The van der Waals surface area contributed by atoms with E-state index in [0.717, 1.165) is 0 Å². The van der Waals surface area contributed by atoms with Crippen LogP contribution in [0.3, 0.4) is 0 Å². The zero-order valence-corrected chi connectivity index (χ0v) is 11.6. The second-order valence-electron chi connectivity index (χ2n) is 5.34. The van der Waals surface area contributed by atoms with Gasteiger partial charge in [0.15, 0.2) is 5.60 Å². The molecule has 9 heteroatoms. The van der Waals surface area contributed by atoms with Crippen LogP contribution in [0.4, 0.5) is 0 Å². The summed E-state index contributed by atoms with van der Waals surface area (Å²) in [5.74, 6) is -5.02. The molecule has 0 saturated heterocycles. The Morgan fingerprint density at radius 3 is 1.85 bits per heavy atom. The van der Waals surface area contributed by atoms with Gasteiger partial charge in [0.2, 0.25) is 0 Å². The molecule has 0 aromatic heterocycles. The second kappa shape index (κ2) is 7.17. The molecule has 0 saturated carbocycles. The maximum atomic E-state index is 11.0. The Balaban J connectivity index is 4.78. The number of carboxylic acids is 3. The van der Waals surface area contributed by atoms with E-state index < -0.39 is 36.4 Å². The quantitative estimate of drug-likeness (QED) is 0.206. The molecule has 0 aliphatic heterocycles. The van der Waals surface area contributed by atoms with Gasteiger partial charge < -0.3 is 24.6 Å². The first kappa shape index (κ1) is 18.3. The van der Waals surface area contributed by atoms with Crippen molar-refractivity contribution in [1.29, 1.82) is 0 Å². The van der Waals surface area contributed by atoms with Crippen molar-refractivity contribution in [3.8, 4) is 0 Å². The van der Waals surface area contributed by atoms with Gasteiger partial charge in [-0.25, -0.2) is 9.78 Å². The molecular formula is C11H19NO8. The van der Waals surface area contributed by atoms with Crippen molar-refractivity contribution in [2.75, 3.05) is 34.3 Å². The molecule has 0 bridgehead atoms. The van der Waals surface area contributed by atoms with Gasteiger partial charge in [0.25, 0.3) is 0 Å². The smallest absolute Gasteiger partial charge is 0.306 e. The van der Waals surface area contributed by atoms with E-state index in [1.54, 1.807) is 0 Å². The van der Waals surface area contributed by atoms with E-state index in [9.17, 15) is 19.5 Å². The van der Waals surface area contributed by atoms with E-state index in [4.69, 9.17) is 10.2 Å². The van der Waals surface area contributed by atoms with Crippen LogP contribution in [0, 0.1) is 0 Å². The maximum absolute atomic E-state index is 11.0. The van der Waals surface area contributed by atoms with Gasteiger partial charge in [-0.05, 0) is 0 Å². The first-order chi connectivity index (χ1) is 8.98. The van der Waals surface area contributed by atoms with Crippen molar-refractivity contribution in [3.05, 3.63) is 0 Å². The van der Waals surface area contributed by atoms with E-state index in [1.807, 2.05) is 21.1 Å². The number of hydrogen-bond acceptors (Lipinski definition) is 6. The summed E-state index contributed by atoms with van der Waals surface area (Å²) in [5, 5.41) is 28.4. The summed E-state index contributed by atoms with van der Waals surface area (Å²) < 4.78 is 0.500. The first-order valence-corrected chi connectivity index (χ1v) is 5.75. The molecule has 0 atom stereocenters. The summed E-state index contributed by atoms with van der Waals surface area (Å²) in [6, 6.07) is 0. The Morgan fingerprint density at radius 1 is 1.10 bits per heavy atom. The van der Waals surface area contributed by atoms with Crippen LogP contribution in [0.15, 0.2) is 0 Å². The lowest BCUT2D eigenvalue weighted by atomic mass is 9.96. The Kier molecular flexibility index (Phi) is 6.56. The van der Waals surface area contributed by atoms with Crippen LogP contribution in [0.5, 0.6) is 0 Å². The lowest BCUT2D eigenvalue weighted by Gasteiger charge is -2.31. The fourth-order valence-electron chi connectivity index (χ4n) is 1.25. The number of carbonyl (C=O) groups excluding carboxylic acids is 1. The average molecular weight is 293 g/mol. The summed E-state index contributed by atoms with van der Waals surface area (Å²) in [6.45, 7) is 0.418. The summed E-state index contributed by atoms with van der Waals surface area (Å²) in [5.41, 5.74) is -2.55. The van der Waals surface area contributed by atoms with Gasteiger partial charge in [-0.15, -0.1) is 0 Å². The SMILES string of the molecule is C[N+](C)(C)CCOOC(CC(=O)O)(CC(=O)O)C(=O)[O-].